The van der Waals surface area contributed by atoms with Gasteiger partial charge in [-0.1, -0.05) is 18.2 Å². The number of nitrogens with zero attached hydrogens (tertiary/aromatic N) is 2. The molecule has 7 heteroatoms. The lowest BCUT2D eigenvalue weighted by Gasteiger charge is -2.36. The fraction of sp³-hybridized carbons (Fsp3) is 0.444. The standard InChI is InChI=1S/C27H34N4O3/c28-27(32)29-26-23(22-8-1-2-10-25(22)34-26)9-3-5-13-30-14-16-31(17-15-30)21-11-12-24-20(19-21)7-4-6-18-33-24/h1-2,8,10-12,19H,3-7,9,13-18H2,(H3,28,29,32). The van der Waals surface area contributed by atoms with Gasteiger partial charge in [0.05, 0.1) is 6.61 Å². The van der Waals surface area contributed by atoms with Crippen LogP contribution in [0.2, 0.25) is 0 Å². The van der Waals surface area contributed by atoms with Crippen molar-refractivity contribution in [3.63, 3.8) is 0 Å². The van der Waals surface area contributed by atoms with E-state index in [-0.39, 0.29) is 0 Å². The summed E-state index contributed by atoms with van der Waals surface area (Å²) in [7, 11) is 0. The molecule has 0 saturated carbocycles. The van der Waals surface area contributed by atoms with Crippen LogP contribution in [0.15, 0.2) is 46.9 Å². The highest BCUT2D eigenvalue weighted by Gasteiger charge is 2.19. The van der Waals surface area contributed by atoms with Gasteiger partial charge < -0.3 is 19.8 Å². The number of carbonyl (C=O) groups excluding carboxylic acids is 1. The first-order chi connectivity index (χ1) is 16.7. The number of aryl methyl sites for hydroxylation is 2. The van der Waals surface area contributed by atoms with E-state index in [1.54, 1.807) is 0 Å². The van der Waals surface area contributed by atoms with Crippen molar-refractivity contribution >= 4 is 28.6 Å². The van der Waals surface area contributed by atoms with Crippen molar-refractivity contribution < 1.29 is 13.9 Å². The first kappa shape index (κ1) is 22.6. The third kappa shape index (κ3) is 5.14. The zero-order valence-electron chi connectivity index (χ0n) is 19.7. The van der Waals surface area contributed by atoms with Crippen LogP contribution < -0.4 is 20.7 Å². The second-order valence-corrected chi connectivity index (χ2v) is 9.28. The van der Waals surface area contributed by atoms with Crippen LogP contribution in [0.5, 0.6) is 5.75 Å². The Balaban J connectivity index is 1.11. The number of furan rings is 1. The van der Waals surface area contributed by atoms with Crippen molar-refractivity contribution in [2.75, 3.05) is 49.5 Å². The van der Waals surface area contributed by atoms with E-state index >= 15 is 0 Å². The molecule has 5 rings (SSSR count). The Morgan fingerprint density at radius 3 is 2.74 bits per heavy atom. The van der Waals surface area contributed by atoms with E-state index in [1.165, 1.54) is 17.7 Å². The Morgan fingerprint density at radius 1 is 1.03 bits per heavy atom. The maximum atomic E-state index is 11.4. The SMILES string of the molecule is NC(=O)Nc1oc2ccccc2c1CCCCN1CCN(c2ccc3c(c2)CCCCO3)CC1. The summed E-state index contributed by atoms with van der Waals surface area (Å²) in [6.07, 6.45) is 6.45. The van der Waals surface area contributed by atoms with Crippen LogP contribution in [-0.2, 0) is 12.8 Å². The Labute approximate surface area is 200 Å². The molecule has 34 heavy (non-hydrogen) atoms. The minimum atomic E-state index is -0.597. The van der Waals surface area contributed by atoms with Crippen molar-refractivity contribution in [3.05, 3.63) is 53.6 Å². The number of carbonyl (C=O) groups is 1. The topological polar surface area (TPSA) is 84.0 Å². The highest BCUT2D eigenvalue weighted by atomic mass is 16.5. The van der Waals surface area contributed by atoms with Gasteiger partial charge in [0.25, 0.3) is 0 Å². The molecule has 0 radical (unpaired) electrons. The van der Waals surface area contributed by atoms with Gasteiger partial charge in [-0.25, -0.2) is 4.79 Å². The first-order valence-corrected chi connectivity index (χ1v) is 12.5. The summed E-state index contributed by atoms with van der Waals surface area (Å²) in [6, 6.07) is 14.0. The van der Waals surface area contributed by atoms with Gasteiger partial charge in [0.1, 0.15) is 11.3 Å². The molecular formula is C27H34N4O3. The number of ether oxygens (including phenoxy) is 1. The number of nitrogens with one attached hydrogen (secondary N) is 1. The number of fused-ring (bicyclic) bond motifs is 2. The van der Waals surface area contributed by atoms with Gasteiger partial charge in [0.15, 0.2) is 0 Å². The molecule has 0 atom stereocenters. The van der Waals surface area contributed by atoms with Gasteiger partial charge in [-0.2, -0.15) is 0 Å². The van der Waals surface area contributed by atoms with E-state index in [0.717, 1.165) is 93.7 Å². The molecular weight excluding hydrogens is 428 g/mol. The summed E-state index contributed by atoms with van der Waals surface area (Å²) in [5, 5.41) is 3.69. The van der Waals surface area contributed by atoms with Gasteiger partial charge in [-0.3, -0.25) is 10.2 Å². The molecule has 0 aliphatic carbocycles. The zero-order valence-corrected chi connectivity index (χ0v) is 19.7. The summed E-state index contributed by atoms with van der Waals surface area (Å²) < 4.78 is 11.7. The Bertz CT molecular complexity index is 1130. The molecule has 2 aliphatic heterocycles. The smallest absolute Gasteiger partial charge is 0.318 e. The minimum absolute atomic E-state index is 0.480. The highest BCUT2D eigenvalue weighted by Crippen LogP contribution is 2.32. The van der Waals surface area contributed by atoms with Gasteiger partial charge >= 0.3 is 6.03 Å². The molecule has 2 amide bonds. The summed E-state index contributed by atoms with van der Waals surface area (Å²) in [4.78, 5) is 16.4. The Kier molecular flexibility index (Phi) is 6.90. The normalized spacial score (nSPS) is 16.6. The predicted octanol–water partition coefficient (Wildman–Crippen LogP) is 4.78. The number of unbranched alkanes of at least 4 members (excludes halogenated alkanes) is 1. The highest BCUT2D eigenvalue weighted by molar-refractivity contribution is 5.93. The number of urea groups is 1. The number of hydrogen-bond donors (Lipinski definition) is 2. The lowest BCUT2D eigenvalue weighted by atomic mass is 10.1. The average molecular weight is 463 g/mol. The van der Waals surface area contributed by atoms with E-state index in [1.807, 2.05) is 24.3 Å². The number of nitrogens with two attached hydrogens (primary N) is 1. The summed E-state index contributed by atoms with van der Waals surface area (Å²) in [5.74, 6) is 1.55. The molecule has 1 aromatic heterocycles. The van der Waals surface area contributed by atoms with E-state index in [2.05, 4.69) is 33.3 Å². The van der Waals surface area contributed by atoms with Crippen molar-refractivity contribution in [1.82, 2.24) is 4.90 Å². The second kappa shape index (κ2) is 10.4. The van der Waals surface area contributed by atoms with Crippen LogP contribution >= 0.6 is 0 Å². The fourth-order valence-corrected chi connectivity index (χ4v) is 5.13. The maximum absolute atomic E-state index is 11.4. The first-order valence-electron chi connectivity index (χ1n) is 12.5. The van der Waals surface area contributed by atoms with Gasteiger partial charge in [-0.15, -0.1) is 0 Å². The number of anilines is 2. The van der Waals surface area contributed by atoms with E-state index in [4.69, 9.17) is 14.9 Å². The Morgan fingerprint density at radius 2 is 1.88 bits per heavy atom. The van der Waals surface area contributed by atoms with Crippen LogP contribution in [-0.4, -0.2) is 50.3 Å². The van der Waals surface area contributed by atoms with Crippen LogP contribution in [0.25, 0.3) is 11.0 Å². The van der Waals surface area contributed by atoms with Crippen molar-refractivity contribution in [3.8, 4) is 5.75 Å². The lowest BCUT2D eigenvalue weighted by molar-refractivity contribution is 0.253. The van der Waals surface area contributed by atoms with Gasteiger partial charge in [0, 0.05) is 42.8 Å². The number of para-hydroxylation sites is 1. The molecule has 180 valence electrons. The van der Waals surface area contributed by atoms with E-state index in [0.29, 0.717) is 5.88 Å². The van der Waals surface area contributed by atoms with Crippen molar-refractivity contribution in [1.29, 1.82) is 0 Å². The summed E-state index contributed by atoms with van der Waals surface area (Å²) in [5.41, 5.74) is 9.83. The van der Waals surface area contributed by atoms with Crippen LogP contribution in [0.4, 0.5) is 16.4 Å². The quantitative estimate of drug-likeness (QED) is 0.494. The molecule has 2 aliphatic rings. The van der Waals surface area contributed by atoms with Crippen LogP contribution in [0, 0.1) is 0 Å². The molecule has 3 N–H and O–H groups in total. The number of benzene rings is 2. The third-order valence-electron chi connectivity index (χ3n) is 6.97. The molecule has 2 aromatic carbocycles. The number of piperazine rings is 1. The Hall–Kier alpha value is -3.19. The summed E-state index contributed by atoms with van der Waals surface area (Å²) in [6.45, 7) is 6.19. The monoisotopic (exact) mass is 462 g/mol. The van der Waals surface area contributed by atoms with Crippen LogP contribution in [0.1, 0.15) is 36.8 Å². The molecule has 7 nitrogen and oxygen atoms in total. The van der Waals surface area contributed by atoms with Gasteiger partial charge in [-0.05, 0) is 74.9 Å². The lowest BCUT2D eigenvalue weighted by Crippen LogP contribution is -2.46. The van der Waals surface area contributed by atoms with E-state index < -0.39 is 6.03 Å². The number of rotatable bonds is 7. The molecule has 3 aromatic rings. The molecule has 3 heterocycles. The molecule has 1 fully saturated rings. The molecule has 0 unspecified atom stereocenters. The average Bonchev–Trinajstić information content (AvgIpc) is 3.01. The number of primary amides is 1. The third-order valence-corrected chi connectivity index (χ3v) is 6.97. The number of hydrogen-bond acceptors (Lipinski definition) is 5. The fourth-order valence-electron chi connectivity index (χ4n) is 5.13. The number of amides is 2. The molecule has 1 saturated heterocycles. The predicted molar refractivity (Wildman–Crippen MR) is 136 cm³/mol. The minimum Gasteiger partial charge on any atom is -0.493 e. The van der Waals surface area contributed by atoms with Gasteiger partial charge in [0.2, 0.25) is 5.88 Å². The second-order valence-electron chi connectivity index (χ2n) is 9.28. The molecule has 0 bridgehead atoms. The zero-order chi connectivity index (χ0) is 23.3. The van der Waals surface area contributed by atoms with Crippen molar-refractivity contribution in [2.24, 2.45) is 5.73 Å². The maximum Gasteiger partial charge on any atom is 0.318 e. The van der Waals surface area contributed by atoms with E-state index in [9.17, 15) is 4.79 Å². The van der Waals surface area contributed by atoms with Crippen molar-refractivity contribution in [2.45, 2.75) is 38.5 Å². The largest absolute Gasteiger partial charge is 0.493 e. The summed E-state index contributed by atoms with van der Waals surface area (Å²) >= 11 is 0. The van der Waals surface area contributed by atoms with Crippen LogP contribution in [0.3, 0.4) is 0 Å². The molecule has 0 spiro atoms.